The molecule has 0 saturated heterocycles. The minimum Gasteiger partial charge on any atom is -0.491 e. The number of rotatable bonds is 22. The fourth-order valence-corrected chi connectivity index (χ4v) is 2.30. The van der Waals surface area contributed by atoms with Crippen LogP contribution >= 0.6 is 0 Å². The second-order valence-corrected chi connectivity index (χ2v) is 7.07. The first-order chi connectivity index (χ1) is 16.6. The van der Waals surface area contributed by atoms with E-state index in [9.17, 15) is 27.8 Å². The molecule has 0 amide bonds. The van der Waals surface area contributed by atoms with E-state index in [1.807, 2.05) is 0 Å². The van der Waals surface area contributed by atoms with Crippen molar-refractivity contribution >= 4 is 0 Å². The van der Waals surface area contributed by atoms with Gasteiger partial charge >= 0.3 is 12.2 Å². The number of aliphatic hydroxyl groups excluding tert-OH is 3. The van der Waals surface area contributed by atoms with E-state index in [1.165, 1.54) is 0 Å². The molecule has 0 spiro atoms. The molecule has 0 fully saturated rings. The number of hydrogen-bond acceptors (Lipinski definition) is 10. The van der Waals surface area contributed by atoms with Gasteiger partial charge in [-0.1, -0.05) is 18.2 Å². The van der Waals surface area contributed by atoms with Crippen molar-refractivity contribution < 1.29 is 66.0 Å². The lowest BCUT2D eigenvalue weighted by Crippen LogP contribution is -2.40. The molecule has 204 valence electrons. The zero-order chi connectivity index (χ0) is 26.0. The molecule has 2 unspecified atom stereocenters. The Morgan fingerprint density at radius 1 is 0.686 bits per heavy atom. The molecule has 0 saturated carbocycles. The average molecular weight is 520 g/mol. The summed E-state index contributed by atoms with van der Waals surface area (Å²) in [5.41, 5.74) is 0. The lowest BCUT2D eigenvalue weighted by atomic mass is 10.3. The van der Waals surface area contributed by atoms with Crippen LogP contribution in [0, 0.1) is 0 Å². The predicted octanol–water partition coefficient (Wildman–Crippen LogP) is 1.02. The molecule has 0 aliphatic carbocycles. The van der Waals surface area contributed by atoms with Crippen LogP contribution in [0.15, 0.2) is 30.3 Å². The maximum atomic E-state index is 13.6. The van der Waals surface area contributed by atoms with Gasteiger partial charge < -0.3 is 43.7 Å². The molecular weight excluding hydrogens is 488 g/mol. The molecule has 1 rings (SSSR count). The van der Waals surface area contributed by atoms with Crippen LogP contribution in [0.3, 0.4) is 0 Å². The number of benzene rings is 1. The molecule has 0 aromatic heterocycles. The van der Waals surface area contributed by atoms with E-state index in [0.29, 0.717) is 5.75 Å². The van der Waals surface area contributed by atoms with Crippen LogP contribution in [-0.4, -0.2) is 113 Å². The number of para-hydroxylation sites is 1. The Morgan fingerprint density at radius 2 is 1.23 bits per heavy atom. The third-order valence-electron chi connectivity index (χ3n) is 3.73. The summed E-state index contributed by atoms with van der Waals surface area (Å²) in [7, 11) is 0. The molecule has 0 aliphatic heterocycles. The Balaban J connectivity index is 2.09. The third kappa shape index (κ3) is 17.5. The molecule has 1 aromatic rings. The summed E-state index contributed by atoms with van der Waals surface area (Å²) in [6, 6.07) is 8.42. The molecule has 0 heterocycles. The van der Waals surface area contributed by atoms with Gasteiger partial charge in [-0.05, 0) is 12.1 Å². The molecule has 2 atom stereocenters. The van der Waals surface area contributed by atoms with Gasteiger partial charge in [-0.3, -0.25) is 4.74 Å². The molecule has 1 aromatic carbocycles. The Kier molecular flexibility index (Phi) is 15.9. The summed E-state index contributed by atoms with van der Waals surface area (Å²) in [6.07, 6.45) is -10.9. The van der Waals surface area contributed by atoms with E-state index in [0.717, 1.165) is 0 Å². The predicted molar refractivity (Wildman–Crippen MR) is 111 cm³/mol. The van der Waals surface area contributed by atoms with Crippen molar-refractivity contribution in [3.05, 3.63) is 30.3 Å². The van der Waals surface area contributed by atoms with Crippen LogP contribution in [0.2, 0.25) is 0 Å². The summed E-state index contributed by atoms with van der Waals surface area (Å²) in [4.78, 5) is 0. The van der Waals surface area contributed by atoms with Gasteiger partial charge in [0.25, 0.3) is 0 Å². The highest BCUT2D eigenvalue weighted by atomic mass is 19.3. The Labute approximate surface area is 200 Å². The zero-order valence-corrected chi connectivity index (χ0v) is 19.0. The molecular formula is C21H32F4O10. The normalized spacial score (nSPS) is 14.1. The highest BCUT2D eigenvalue weighted by molar-refractivity contribution is 5.20. The van der Waals surface area contributed by atoms with Gasteiger partial charge in [0.15, 0.2) is 0 Å². The third-order valence-corrected chi connectivity index (χ3v) is 3.73. The Hall–Kier alpha value is -1.62. The van der Waals surface area contributed by atoms with E-state index in [1.54, 1.807) is 30.3 Å². The van der Waals surface area contributed by atoms with E-state index in [4.69, 9.17) is 24.1 Å². The molecule has 0 radical (unpaired) electrons. The molecule has 0 aliphatic rings. The first-order valence-electron chi connectivity index (χ1n) is 10.6. The molecule has 10 nitrogen and oxygen atoms in total. The van der Waals surface area contributed by atoms with Crippen LogP contribution < -0.4 is 4.74 Å². The summed E-state index contributed by atoms with van der Waals surface area (Å²) < 4.78 is 86.9. The van der Waals surface area contributed by atoms with Gasteiger partial charge in [-0.15, -0.1) is 0 Å². The molecule has 3 N–H and O–H groups in total. The summed E-state index contributed by atoms with van der Waals surface area (Å²) in [5, 5.41) is 27.7. The van der Waals surface area contributed by atoms with Gasteiger partial charge in [0.1, 0.15) is 44.6 Å². The van der Waals surface area contributed by atoms with Crippen molar-refractivity contribution in [2.75, 3.05) is 72.9 Å². The standard InChI is InChI=1S/C21H32F4O10/c22-20(23,14-32-12-18(28)13-34-19-4-2-1-3-5-19)35-21(24,25)15-33-16-31-9-8-30-11-17(27)10-29-7-6-26/h1-5,17-18,26-28H,6-16H2. The van der Waals surface area contributed by atoms with Gasteiger partial charge in [0.2, 0.25) is 0 Å². The monoisotopic (exact) mass is 520 g/mol. The lowest BCUT2D eigenvalue weighted by Gasteiger charge is -2.24. The van der Waals surface area contributed by atoms with Crippen LogP contribution in [0.1, 0.15) is 0 Å². The second kappa shape index (κ2) is 17.8. The van der Waals surface area contributed by atoms with E-state index in [2.05, 4.69) is 14.2 Å². The smallest absolute Gasteiger partial charge is 0.383 e. The van der Waals surface area contributed by atoms with Crippen molar-refractivity contribution in [2.45, 2.75) is 24.4 Å². The lowest BCUT2D eigenvalue weighted by molar-refractivity contribution is -0.396. The van der Waals surface area contributed by atoms with E-state index in [-0.39, 0.29) is 46.2 Å². The molecule has 0 bridgehead atoms. The maximum absolute atomic E-state index is 13.6. The number of halogens is 4. The van der Waals surface area contributed by atoms with Crippen molar-refractivity contribution in [3.8, 4) is 5.75 Å². The fourth-order valence-electron chi connectivity index (χ4n) is 2.30. The Morgan fingerprint density at radius 3 is 1.89 bits per heavy atom. The fraction of sp³-hybridized carbons (Fsp3) is 0.714. The minimum atomic E-state index is -4.34. The summed E-state index contributed by atoms with van der Waals surface area (Å²) >= 11 is 0. The van der Waals surface area contributed by atoms with Gasteiger partial charge in [-0.2, -0.15) is 17.6 Å². The number of hydrogen-bond donors (Lipinski definition) is 3. The number of ether oxygens (including phenoxy) is 7. The largest absolute Gasteiger partial charge is 0.491 e. The number of alkyl halides is 4. The van der Waals surface area contributed by atoms with Crippen molar-refractivity contribution in [1.82, 2.24) is 0 Å². The highest BCUT2D eigenvalue weighted by Gasteiger charge is 2.44. The first-order valence-corrected chi connectivity index (χ1v) is 10.6. The van der Waals surface area contributed by atoms with Crippen molar-refractivity contribution in [1.29, 1.82) is 0 Å². The number of aliphatic hydroxyl groups is 3. The topological polar surface area (TPSA) is 125 Å². The summed E-state index contributed by atoms with van der Waals surface area (Å²) in [6.45, 7) is -4.75. The highest BCUT2D eigenvalue weighted by Crippen LogP contribution is 2.27. The first kappa shape index (κ1) is 31.4. The molecule has 14 heteroatoms. The Bertz CT molecular complexity index is 642. The van der Waals surface area contributed by atoms with E-state index >= 15 is 0 Å². The summed E-state index contributed by atoms with van der Waals surface area (Å²) in [5.74, 6) is 0.454. The van der Waals surface area contributed by atoms with Gasteiger partial charge in [0.05, 0.1) is 46.2 Å². The van der Waals surface area contributed by atoms with Gasteiger partial charge in [-0.25, -0.2) is 0 Å². The van der Waals surface area contributed by atoms with Crippen molar-refractivity contribution in [2.24, 2.45) is 0 Å². The van der Waals surface area contributed by atoms with Crippen LogP contribution in [0.4, 0.5) is 17.6 Å². The minimum absolute atomic E-state index is 0.00492. The molecule has 35 heavy (non-hydrogen) atoms. The zero-order valence-electron chi connectivity index (χ0n) is 19.0. The average Bonchev–Trinajstić information content (AvgIpc) is 2.79. The van der Waals surface area contributed by atoms with Crippen LogP contribution in [0.25, 0.3) is 0 Å². The quantitative estimate of drug-likeness (QED) is 0.116. The second-order valence-electron chi connectivity index (χ2n) is 7.07. The van der Waals surface area contributed by atoms with Gasteiger partial charge in [0, 0.05) is 0 Å². The van der Waals surface area contributed by atoms with Crippen molar-refractivity contribution in [3.63, 3.8) is 0 Å². The maximum Gasteiger partial charge on any atom is 0.383 e. The SMILES string of the molecule is OCCOCC(O)COCCOCOCC(F)(F)OC(F)(F)COCC(O)COc1ccccc1. The van der Waals surface area contributed by atoms with Crippen LogP contribution in [0.5, 0.6) is 5.75 Å². The van der Waals surface area contributed by atoms with Crippen LogP contribution in [-0.2, 0) is 28.4 Å². The van der Waals surface area contributed by atoms with E-state index < -0.39 is 51.0 Å².